The molecule has 0 saturated heterocycles. The van der Waals surface area contributed by atoms with Gasteiger partial charge in [-0.25, -0.2) is 0 Å². The second-order valence-electron chi connectivity index (χ2n) is 5.19. The van der Waals surface area contributed by atoms with E-state index in [1.54, 1.807) is 0 Å². The van der Waals surface area contributed by atoms with Crippen LogP contribution in [-0.2, 0) is 13.0 Å². The van der Waals surface area contributed by atoms with Gasteiger partial charge in [0.2, 0.25) is 0 Å². The number of aryl methyl sites for hydroxylation is 1. The molecule has 0 amide bonds. The average molecular weight is 228 g/mol. The summed E-state index contributed by atoms with van der Waals surface area (Å²) < 4.78 is 0. The zero-order valence-electron chi connectivity index (χ0n) is 10.4. The van der Waals surface area contributed by atoms with Gasteiger partial charge in [0.25, 0.3) is 0 Å². The van der Waals surface area contributed by atoms with Gasteiger partial charge in [-0.2, -0.15) is 0 Å². The van der Waals surface area contributed by atoms with Crippen LogP contribution in [0.15, 0.2) is 30.5 Å². The number of allylic oxidation sites excluding steroid dienone is 1. The molecule has 1 fully saturated rings. The predicted octanol–water partition coefficient (Wildman–Crippen LogP) is 2.70. The van der Waals surface area contributed by atoms with Gasteiger partial charge >= 0.3 is 0 Å². The van der Waals surface area contributed by atoms with Gasteiger partial charge in [0.15, 0.2) is 0 Å². The lowest BCUT2D eigenvalue weighted by Gasteiger charge is -2.40. The van der Waals surface area contributed by atoms with E-state index in [0.717, 1.165) is 24.8 Å². The summed E-state index contributed by atoms with van der Waals surface area (Å²) in [7, 11) is 0. The van der Waals surface area contributed by atoms with Gasteiger partial charge in [0, 0.05) is 18.8 Å². The van der Waals surface area contributed by atoms with E-state index >= 15 is 0 Å². The Hall–Kier alpha value is -1.15. The highest BCUT2D eigenvalue weighted by atomic mass is 15.0. The molecule has 0 spiro atoms. The first-order valence-corrected chi connectivity index (χ1v) is 6.71. The zero-order chi connectivity index (χ0) is 11.7. The summed E-state index contributed by atoms with van der Waals surface area (Å²) in [5.74, 6) is 1.73. The lowest BCUT2D eigenvalue weighted by molar-refractivity contribution is 0.161. The van der Waals surface area contributed by atoms with Crippen LogP contribution in [0.4, 0.5) is 0 Å². The number of fused-ring (bicyclic) bond motifs is 1. The molecule has 2 nitrogen and oxygen atoms in total. The Labute approximate surface area is 103 Å². The van der Waals surface area contributed by atoms with Crippen molar-refractivity contribution in [2.45, 2.75) is 38.8 Å². The van der Waals surface area contributed by atoms with E-state index in [1.165, 1.54) is 24.1 Å². The summed E-state index contributed by atoms with van der Waals surface area (Å²) in [4.78, 5) is 4.48. The summed E-state index contributed by atoms with van der Waals surface area (Å²) >= 11 is 0. The number of pyridine rings is 1. The fourth-order valence-corrected chi connectivity index (χ4v) is 3.13. The third-order valence-electron chi connectivity index (χ3n) is 4.26. The largest absolute Gasteiger partial charge is 0.308 e. The maximum absolute atomic E-state index is 4.48. The lowest BCUT2D eigenvalue weighted by atomic mass is 9.71. The topological polar surface area (TPSA) is 24.9 Å². The molecule has 1 N–H and O–H groups in total. The highest BCUT2D eigenvalue weighted by molar-refractivity contribution is 5.20. The molecule has 0 aliphatic heterocycles. The van der Waals surface area contributed by atoms with Crippen molar-refractivity contribution < 1.29 is 0 Å². The smallest absolute Gasteiger partial charge is 0.0573 e. The minimum Gasteiger partial charge on any atom is -0.308 e. The third kappa shape index (κ3) is 2.02. The second kappa shape index (κ2) is 4.61. The van der Waals surface area contributed by atoms with Crippen molar-refractivity contribution in [3.8, 4) is 0 Å². The standard InChI is InChI=1S/C15H20N2/c1-2-11-6-4-8-16-15(11)10-17-14-9-12-5-3-7-13(12)14/h3-4,6-8,12-14,17H,2,5,9-10H2,1H3. The maximum Gasteiger partial charge on any atom is 0.0573 e. The van der Waals surface area contributed by atoms with Gasteiger partial charge in [-0.05, 0) is 42.7 Å². The van der Waals surface area contributed by atoms with Crippen LogP contribution in [0.3, 0.4) is 0 Å². The number of nitrogens with zero attached hydrogens (tertiary/aromatic N) is 1. The predicted molar refractivity (Wildman–Crippen MR) is 69.6 cm³/mol. The quantitative estimate of drug-likeness (QED) is 0.801. The molecule has 3 atom stereocenters. The molecule has 0 aromatic carbocycles. The van der Waals surface area contributed by atoms with Crippen molar-refractivity contribution in [1.29, 1.82) is 0 Å². The molecule has 1 aromatic heterocycles. The molecule has 2 aliphatic rings. The molecule has 3 rings (SSSR count). The monoisotopic (exact) mass is 228 g/mol. The fourth-order valence-electron chi connectivity index (χ4n) is 3.13. The van der Waals surface area contributed by atoms with E-state index in [1.807, 2.05) is 12.3 Å². The number of aromatic nitrogens is 1. The van der Waals surface area contributed by atoms with Gasteiger partial charge in [0.05, 0.1) is 5.69 Å². The Morgan fingerprint density at radius 1 is 1.47 bits per heavy atom. The van der Waals surface area contributed by atoms with Crippen molar-refractivity contribution in [1.82, 2.24) is 10.3 Å². The van der Waals surface area contributed by atoms with Crippen molar-refractivity contribution >= 4 is 0 Å². The molecule has 90 valence electrons. The Morgan fingerprint density at radius 2 is 2.41 bits per heavy atom. The Bertz CT molecular complexity index is 425. The Balaban J connectivity index is 1.59. The van der Waals surface area contributed by atoms with Gasteiger partial charge in [0.1, 0.15) is 0 Å². The maximum atomic E-state index is 4.48. The van der Waals surface area contributed by atoms with Crippen LogP contribution in [0.1, 0.15) is 31.0 Å². The van der Waals surface area contributed by atoms with Crippen LogP contribution < -0.4 is 5.32 Å². The number of nitrogens with one attached hydrogen (secondary N) is 1. The van der Waals surface area contributed by atoms with Crippen molar-refractivity contribution in [3.05, 3.63) is 41.7 Å². The highest BCUT2D eigenvalue weighted by Crippen LogP contribution is 2.42. The molecule has 3 unspecified atom stereocenters. The van der Waals surface area contributed by atoms with Gasteiger partial charge in [-0.15, -0.1) is 0 Å². The van der Waals surface area contributed by atoms with E-state index < -0.39 is 0 Å². The molecule has 0 radical (unpaired) electrons. The summed E-state index contributed by atoms with van der Waals surface area (Å²) in [5, 5.41) is 3.67. The van der Waals surface area contributed by atoms with Crippen LogP contribution >= 0.6 is 0 Å². The van der Waals surface area contributed by atoms with E-state index in [-0.39, 0.29) is 0 Å². The van der Waals surface area contributed by atoms with E-state index in [0.29, 0.717) is 6.04 Å². The van der Waals surface area contributed by atoms with Crippen LogP contribution in [0.25, 0.3) is 0 Å². The van der Waals surface area contributed by atoms with Crippen molar-refractivity contribution in [2.24, 2.45) is 11.8 Å². The van der Waals surface area contributed by atoms with Gasteiger partial charge in [-0.3, -0.25) is 4.98 Å². The molecule has 1 aromatic rings. The van der Waals surface area contributed by atoms with Gasteiger partial charge < -0.3 is 5.32 Å². The number of rotatable bonds is 4. The zero-order valence-corrected chi connectivity index (χ0v) is 10.4. The molecule has 2 aliphatic carbocycles. The first kappa shape index (κ1) is 11.0. The summed E-state index contributed by atoms with van der Waals surface area (Å²) in [6.45, 7) is 3.12. The summed E-state index contributed by atoms with van der Waals surface area (Å²) in [6, 6.07) is 4.90. The normalized spacial score (nSPS) is 30.1. The second-order valence-corrected chi connectivity index (χ2v) is 5.19. The SMILES string of the molecule is CCc1cccnc1CNC1CC2CC=CC21. The molecule has 2 heteroatoms. The third-order valence-corrected chi connectivity index (χ3v) is 4.26. The number of hydrogen-bond acceptors (Lipinski definition) is 2. The fraction of sp³-hybridized carbons (Fsp3) is 0.533. The molecule has 0 bridgehead atoms. The lowest BCUT2D eigenvalue weighted by Crippen LogP contribution is -2.47. The first-order chi connectivity index (χ1) is 8.38. The highest BCUT2D eigenvalue weighted by Gasteiger charge is 2.40. The van der Waals surface area contributed by atoms with Crippen LogP contribution in [0, 0.1) is 11.8 Å². The molecular formula is C15H20N2. The number of hydrogen-bond donors (Lipinski definition) is 1. The Kier molecular flexibility index (Phi) is 2.98. The molecule has 1 heterocycles. The first-order valence-electron chi connectivity index (χ1n) is 6.71. The summed E-state index contributed by atoms with van der Waals surface area (Å²) in [6.07, 6.45) is 10.3. The van der Waals surface area contributed by atoms with Crippen LogP contribution in [0.2, 0.25) is 0 Å². The molecule has 1 saturated carbocycles. The van der Waals surface area contributed by atoms with Crippen LogP contribution in [0.5, 0.6) is 0 Å². The minimum atomic E-state index is 0.686. The van der Waals surface area contributed by atoms with E-state index in [4.69, 9.17) is 0 Å². The molecular weight excluding hydrogens is 208 g/mol. The van der Waals surface area contributed by atoms with E-state index in [2.05, 4.69) is 35.4 Å². The Morgan fingerprint density at radius 3 is 3.24 bits per heavy atom. The van der Waals surface area contributed by atoms with Crippen LogP contribution in [-0.4, -0.2) is 11.0 Å². The average Bonchev–Trinajstić information content (AvgIpc) is 2.72. The molecule has 17 heavy (non-hydrogen) atoms. The summed E-state index contributed by atoms with van der Waals surface area (Å²) in [5.41, 5.74) is 2.60. The van der Waals surface area contributed by atoms with Gasteiger partial charge in [-0.1, -0.05) is 25.1 Å². The van der Waals surface area contributed by atoms with E-state index in [9.17, 15) is 0 Å². The van der Waals surface area contributed by atoms with Crippen molar-refractivity contribution in [3.63, 3.8) is 0 Å². The van der Waals surface area contributed by atoms with Crippen molar-refractivity contribution in [2.75, 3.05) is 0 Å². The minimum absolute atomic E-state index is 0.686.